The van der Waals surface area contributed by atoms with Crippen molar-refractivity contribution in [2.45, 2.75) is 32.4 Å². The van der Waals surface area contributed by atoms with Crippen LogP contribution >= 0.6 is 0 Å². The summed E-state index contributed by atoms with van der Waals surface area (Å²) in [5, 5.41) is 0. The van der Waals surface area contributed by atoms with E-state index < -0.39 is 11.6 Å². The molecule has 5 heteroatoms. The molecular weight excluding hydrogens is 226 g/mol. The van der Waals surface area contributed by atoms with Crippen LogP contribution in [0.15, 0.2) is 18.2 Å². The molecule has 3 nitrogen and oxygen atoms in total. The van der Waals surface area contributed by atoms with Gasteiger partial charge in [0.2, 0.25) is 0 Å². The van der Waals surface area contributed by atoms with Gasteiger partial charge in [-0.15, -0.1) is 0 Å². The predicted octanol–water partition coefficient (Wildman–Crippen LogP) is 1.76. The minimum atomic E-state index is -0.844. The van der Waals surface area contributed by atoms with Crippen molar-refractivity contribution in [2.75, 3.05) is 6.61 Å². The molecule has 1 atom stereocenters. The molecule has 0 fully saturated rings. The number of ether oxygens (including phenoxy) is 1. The van der Waals surface area contributed by atoms with Gasteiger partial charge in [0.25, 0.3) is 0 Å². The Morgan fingerprint density at radius 3 is 2.65 bits per heavy atom. The summed E-state index contributed by atoms with van der Waals surface area (Å²) in [5.41, 5.74) is 2.83. The maximum absolute atomic E-state index is 13.4. The van der Waals surface area contributed by atoms with E-state index in [2.05, 4.69) is 5.43 Å². The molecule has 0 aliphatic heterocycles. The molecule has 0 saturated heterocycles. The van der Waals surface area contributed by atoms with Crippen molar-refractivity contribution in [2.24, 2.45) is 5.84 Å². The Morgan fingerprint density at radius 2 is 2.06 bits per heavy atom. The zero-order chi connectivity index (χ0) is 12.8. The third-order valence-electron chi connectivity index (χ3n) is 2.36. The number of halogens is 2. The van der Waals surface area contributed by atoms with Crippen molar-refractivity contribution in [1.82, 2.24) is 5.43 Å². The van der Waals surface area contributed by atoms with E-state index in [0.29, 0.717) is 12.2 Å². The van der Waals surface area contributed by atoms with Crippen LogP contribution in [-0.2, 0) is 11.2 Å². The van der Waals surface area contributed by atoms with Crippen molar-refractivity contribution in [1.29, 1.82) is 0 Å². The highest BCUT2D eigenvalue weighted by atomic mass is 19.2. The van der Waals surface area contributed by atoms with Gasteiger partial charge in [-0.2, -0.15) is 0 Å². The Hall–Kier alpha value is -1.04. The Kier molecular flexibility index (Phi) is 5.47. The topological polar surface area (TPSA) is 47.3 Å². The fraction of sp³-hybridized carbons (Fsp3) is 0.500. The van der Waals surface area contributed by atoms with Crippen LogP contribution in [-0.4, -0.2) is 18.8 Å². The number of hydrogen-bond donors (Lipinski definition) is 2. The standard InChI is InChI=1S/C12H18F2N2O/c1-8(2)17-7-10(16-15)6-9-4-3-5-11(13)12(9)14/h3-5,8,10,16H,6-7,15H2,1-2H3. The van der Waals surface area contributed by atoms with Crippen LogP contribution in [0.3, 0.4) is 0 Å². The summed E-state index contributed by atoms with van der Waals surface area (Å²) < 4.78 is 31.8. The van der Waals surface area contributed by atoms with E-state index >= 15 is 0 Å². The molecule has 0 radical (unpaired) electrons. The second kappa shape index (κ2) is 6.64. The summed E-state index contributed by atoms with van der Waals surface area (Å²) in [5.74, 6) is 3.68. The largest absolute Gasteiger partial charge is 0.377 e. The number of rotatable bonds is 6. The summed E-state index contributed by atoms with van der Waals surface area (Å²) in [6.45, 7) is 4.15. The van der Waals surface area contributed by atoms with Gasteiger partial charge in [-0.3, -0.25) is 11.3 Å². The molecule has 1 aromatic carbocycles. The molecule has 0 amide bonds. The van der Waals surface area contributed by atoms with E-state index in [4.69, 9.17) is 10.6 Å². The van der Waals surface area contributed by atoms with Crippen LogP contribution in [0.25, 0.3) is 0 Å². The van der Waals surface area contributed by atoms with Crippen molar-refractivity contribution < 1.29 is 13.5 Å². The quantitative estimate of drug-likeness (QED) is 0.592. The Labute approximate surface area is 99.9 Å². The SMILES string of the molecule is CC(C)OCC(Cc1cccc(F)c1F)NN. The first-order valence-corrected chi connectivity index (χ1v) is 5.55. The molecule has 1 unspecified atom stereocenters. The monoisotopic (exact) mass is 244 g/mol. The van der Waals surface area contributed by atoms with Crippen LogP contribution in [0.5, 0.6) is 0 Å². The van der Waals surface area contributed by atoms with Crippen LogP contribution in [0.2, 0.25) is 0 Å². The molecule has 0 bridgehead atoms. The van der Waals surface area contributed by atoms with Gasteiger partial charge in [0.15, 0.2) is 11.6 Å². The lowest BCUT2D eigenvalue weighted by atomic mass is 10.1. The molecular formula is C12H18F2N2O. The summed E-state index contributed by atoms with van der Waals surface area (Å²) in [4.78, 5) is 0. The number of hydrogen-bond acceptors (Lipinski definition) is 3. The fourth-order valence-electron chi connectivity index (χ4n) is 1.45. The molecule has 3 N–H and O–H groups in total. The number of benzene rings is 1. The predicted molar refractivity (Wildman–Crippen MR) is 62.3 cm³/mol. The average Bonchev–Trinajstić information content (AvgIpc) is 2.29. The maximum atomic E-state index is 13.4. The molecule has 0 saturated carbocycles. The normalized spacial score (nSPS) is 13.1. The molecule has 1 aromatic rings. The molecule has 96 valence electrons. The summed E-state index contributed by atoms with van der Waals surface area (Å²) in [7, 11) is 0. The first kappa shape index (κ1) is 14.0. The zero-order valence-electron chi connectivity index (χ0n) is 10.0. The molecule has 0 aliphatic carbocycles. The van der Waals surface area contributed by atoms with Crippen molar-refractivity contribution in [3.8, 4) is 0 Å². The van der Waals surface area contributed by atoms with E-state index in [9.17, 15) is 8.78 Å². The van der Waals surface area contributed by atoms with Crippen LogP contribution in [0.4, 0.5) is 8.78 Å². The third-order valence-corrected chi connectivity index (χ3v) is 2.36. The fourth-order valence-corrected chi connectivity index (χ4v) is 1.45. The first-order chi connectivity index (χ1) is 8.04. The lowest BCUT2D eigenvalue weighted by Crippen LogP contribution is -2.41. The van der Waals surface area contributed by atoms with Crippen molar-refractivity contribution in [3.63, 3.8) is 0 Å². The second-order valence-corrected chi connectivity index (χ2v) is 4.16. The number of nitrogens with one attached hydrogen (secondary N) is 1. The molecule has 17 heavy (non-hydrogen) atoms. The molecule has 1 rings (SSSR count). The second-order valence-electron chi connectivity index (χ2n) is 4.16. The first-order valence-electron chi connectivity index (χ1n) is 5.55. The van der Waals surface area contributed by atoms with Crippen LogP contribution in [0.1, 0.15) is 19.4 Å². The van der Waals surface area contributed by atoms with Gasteiger partial charge in [-0.25, -0.2) is 8.78 Å². The minimum Gasteiger partial charge on any atom is -0.377 e. The number of nitrogens with two attached hydrogens (primary N) is 1. The summed E-state index contributed by atoms with van der Waals surface area (Å²) in [6, 6.07) is 3.87. The van der Waals surface area contributed by atoms with Gasteiger partial charge in [-0.1, -0.05) is 12.1 Å². The average molecular weight is 244 g/mol. The Balaban J connectivity index is 2.64. The molecule has 0 aliphatic rings. The summed E-state index contributed by atoms with van der Waals surface area (Å²) in [6.07, 6.45) is 0.357. The number of hydrazine groups is 1. The van der Waals surface area contributed by atoms with E-state index in [1.165, 1.54) is 12.1 Å². The van der Waals surface area contributed by atoms with Gasteiger partial charge in [0.05, 0.1) is 12.7 Å². The van der Waals surface area contributed by atoms with Gasteiger partial charge in [-0.05, 0) is 31.9 Å². The Bertz CT molecular complexity index is 358. The van der Waals surface area contributed by atoms with E-state index in [1.54, 1.807) is 0 Å². The third kappa shape index (κ3) is 4.38. The van der Waals surface area contributed by atoms with Gasteiger partial charge in [0.1, 0.15) is 0 Å². The van der Waals surface area contributed by atoms with Crippen molar-refractivity contribution in [3.05, 3.63) is 35.4 Å². The molecule has 0 aromatic heterocycles. The van der Waals surface area contributed by atoms with Gasteiger partial charge in [0, 0.05) is 6.04 Å². The van der Waals surface area contributed by atoms with E-state index in [1.807, 2.05) is 13.8 Å². The highest BCUT2D eigenvalue weighted by Crippen LogP contribution is 2.13. The highest BCUT2D eigenvalue weighted by Gasteiger charge is 2.14. The lowest BCUT2D eigenvalue weighted by molar-refractivity contribution is 0.0611. The van der Waals surface area contributed by atoms with E-state index in [-0.39, 0.29) is 18.6 Å². The molecule has 0 heterocycles. The van der Waals surface area contributed by atoms with Gasteiger partial charge >= 0.3 is 0 Å². The summed E-state index contributed by atoms with van der Waals surface area (Å²) >= 11 is 0. The Morgan fingerprint density at radius 1 is 1.35 bits per heavy atom. The highest BCUT2D eigenvalue weighted by molar-refractivity contribution is 5.20. The lowest BCUT2D eigenvalue weighted by Gasteiger charge is -2.18. The van der Waals surface area contributed by atoms with Crippen molar-refractivity contribution >= 4 is 0 Å². The van der Waals surface area contributed by atoms with Crippen LogP contribution in [0, 0.1) is 11.6 Å². The maximum Gasteiger partial charge on any atom is 0.162 e. The minimum absolute atomic E-state index is 0.0724. The zero-order valence-corrected chi connectivity index (χ0v) is 10.0. The smallest absolute Gasteiger partial charge is 0.162 e. The molecule has 0 spiro atoms. The van der Waals surface area contributed by atoms with Gasteiger partial charge < -0.3 is 4.74 Å². The van der Waals surface area contributed by atoms with E-state index in [0.717, 1.165) is 6.07 Å². The van der Waals surface area contributed by atoms with Crippen LogP contribution < -0.4 is 11.3 Å².